The number of carbonyl (C=O) groups excluding carboxylic acids is 1. The first-order valence-corrected chi connectivity index (χ1v) is 7.92. The van der Waals surface area contributed by atoms with Gasteiger partial charge < -0.3 is 5.32 Å². The Morgan fingerprint density at radius 2 is 2.22 bits per heavy atom. The third-order valence-corrected chi connectivity index (χ3v) is 4.02. The Balaban J connectivity index is 1.46. The van der Waals surface area contributed by atoms with Gasteiger partial charge in [0.2, 0.25) is 5.91 Å². The first-order valence-electron chi connectivity index (χ1n) is 7.92. The lowest BCUT2D eigenvalue weighted by molar-refractivity contribution is -0.117. The summed E-state index contributed by atoms with van der Waals surface area (Å²) in [6.07, 6.45) is 7.98. The van der Waals surface area contributed by atoms with Crippen LogP contribution in [0.25, 0.3) is 6.08 Å². The number of aromatic nitrogens is 2. The van der Waals surface area contributed by atoms with Crippen molar-refractivity contribution in [3.63, 3.8) is 0 Å². The molecule has 1 aromatic heterocycles. The maximum absolute atomic E-state index is 12.0. The smallest absolute Gasteiger partial charge is 0.244 e. The summed E-state index contributed by atoms with van der Waals surface area (Å²) in [5.41, 5.74) is 2.25. The van der Waals surface area contributed by atoms with Crippen LogP contribution in [0.2, 0.25) is 0 Å². The fourth-order valence-electron chi connectivity index (χ4n) is 2.88. The largest absolute Gasteiger partial charge is 0.348 e. The van der Waals surface area contributed by atoms with Gasteiger partial charge in [-0.25, -0.2) is 0 Å². The third-order valence-electron chi connectivity index (χ3n) is 4.02. The summed E-state index contributed by atoms with van der Waals surface area (Å²) in [5, 5.41) is 7.15. The van der Waals surface area contributed by atoms with Crippen LogP contribution in [0.1, 0.15) is 17.5 Å². The number of rotatable bonds is 5. The average molecular weight is 310 g/mol. The van der Waals surface area contributed by atoms with Gasteiger partial charge in [0, 0.05) is 50.6 Å². The molecule has 0 radical (unpaired) electrons. The number of benzene rings is 1. The Kier molecular flexibility index (Phi) is 4.88. The Morgan fingerprint density at radius 3 is 2.96 bits per heavy atom. The maximum atomic E-state index is 12.0. The molecular weight excluding hydrogens is 288 g/mol. The quantitative estimate of drug-likeness (QED) is 0.857. The summed E-state index contributed by atoms with van der Waals surface area (Å²) in [6, 6.07) is 10.7. The molecule has 1 fully saturated rings. The predicted molar refractivity (Wildman–Crippen MR) is 90.5 cm³/mol. The molecule has 3 rings (SSSR count). The number of aryl methyl sites for hydroxylation is 1. The molecule has 2 aromatic rings. The Hall–Kier alpha value is -2.40. The topological polar surface area (TPSA) is 50.2 Å². The van der Waals surface area contributed by atoms with Crippen molar-refractivity contribution in [2.24, 2.45) is 7.05 Å². The predicted octanol–water partition coefficient (Wildman–Crippen LogP) is 1.82. The number of amides is 1. The molecule has 2 heterocycles. The first kappa shape index (κ1) is 15.5. The van der Waals surface area contributed by atoms with Crippen LogP contribution in [-0.4, -0.2) is 39.7 Å². The van der Waals surface area contributed by atoms with Crippen LogP contribution < -0.4 is 5.32 Å². The van der Waals surface area contributed by atoms with Gasteiger partial charge in [0.15, 0.2) is 0 Å². The van der Waals surface area contributed by atoms with Crippen molar-refractivity contribution in [3.8, 4) is 0 Å². The molecule has 0 bridgehead atoms. The molecule has 1 aromatic carbocycles. The molecule has 5 nitrogen and oxygen atoms in total. The van der Waals surface area contributed by atoms with Crippen LogP contribution in [0.3, 0.4) is 0 Å². The van der Waals surface area contributed by atoms with Crippen LogP contribution >= 0.6 is 0 Å². The highest BCUT2D eigenvalue weighted by molar-refractivity contribution is 5.91. The summed E-state index contributed by atoms with van der Waals surface area (Å²) >= 11 is 0. The number of hydrogen-bond acceptors (Lipinski definition) is 3. The molecule has 0 aliphatic carbocycles. The van der Waals surface area contributed by atoms with Crippen molar-refractivity contribution < 1.29 is 4.79 Å². The molecule has 120 valence electrons. The average Bonchev–Trinajstić information content (AvgIpc) is 3.15. The molecule has 1 atom stereocenters. The van der Waals surface area contributed by atoms with E-state index in [1.165, 1.54) is 5.56 Å². The highest BCUT2D eigenvalue weighted by Crippen LogP contribution is 2.13. The minimum absolute atomic E-state index is 0.0413. The Bertz CT molecular complexity index is 677. The van der Waals surface area contributed by atoms with Crippen molar-refractivity contribution in [3.05, 3.63) is 59.9 Å². The van der Waals surface area contributed by atoms with E-state index in [4.69, 9.17) is 0 Å². The zero-order chi connectivity index (χ0) is 16.1. The van der Waals surface area contributed by atoms with Crippen LogP contribution in [0.15, 0.2) is 48.8 Å². The minimum atomic E-state index is -0.0413. The lowest BCUT2D eigenvalue weighted by atomic mass is 10.2. The summed E-state index contributed by atoms with van der Waals surface area (Å²) in [6.45, 7) is 2.87. The van der Waals surface area contributed by atoms with Gasteiger partial charge in [-0.3, -0.25) is 14.4 Å². The zero-order valence-corrected chi connectivity index (χ0v) is 13.4. The highest BCUT2D eigenvalue weighted by atomic mass is 16.1. The zero-order valence-electron chi connectivity index (χ0n) is 13.4. The van der Waals surface area contributed by atoms with Crippen molar-refractivity contribution in [1.29, 1.82) is 0 Å². The molecule has 1 aliphatic heterocycles. The molecule has 1 saturated heterocycles. The van der Waals surface area contributed by atoms with Gasteiger partial charge in [-0.15, -0.1) is 0 Å². The molecule has 23 heavy (non-hydrogen) atoms. The van der Waals surface area contributed by atoms with Gasteiger partial charge in [-0.05, 0) is 18.1 Å². The minimum Gasteiger partial charge on any atom is -0.348 e. The first-order chi connectivity index (χ1) is 11.2. The lowest BCUT2D eigenvalue weighted by Gasteiger charge is -2.16. The molecule has 1 unspecified atom stereocenters. The molecule has 0 saturated carbocycles. The van der Waals surface area contributed by atoms with E-state index in [9.17, 15) is 4.79 Å². The maximum Gasteiger partial charge on any atom is 0.244 e. The normalized spacial score (nSPS) is 18.6. The van der Waals surface area contributed by atoms with Crippen LogP contribution in [-0.2, 0) is 18.4 Å². The second-order valence-corrected chi connectivity index (χ2v) is 6.00. The SMILES string of the molecule is Cn1cc(C=CC(=O)NC2CCN(Cc3ccccc3)C2)cn1. The van der Waals surface area contributed by atoms with Gasteiger partial charge in [0.25, 0.3) is 0 Å². The van der Waals surface area contributed by atoms with Gasteiger partial charge in [0.1, 0.15) is 0 Å². The van der Waals surface area contributed by atoms with Crippen LogP contribution in [0.4, 0.5) is 0 Å². The number of nitrogens with zero attached hydrogens (tertiary/aromatic N) is 3. The second-order valence-electron chi connectivity index (χ2n) is 6.00. The van der Waals surface area contributed by atoms with Crippen molar-refractivity contribution in [1.82, 2.24) is 20.0 Å². The molecule has 0 spiro atoms. The number of nitrogens with one attached hydrogen (secondary N) is 1. The van der Waals surface area contributed by atoms with E-state index in [0.29, 0.717) is 0 Å². The van der Waals surface area contributed by atoms with E-state index < -0.39 is 0 Å². The van der Waals surface area contributed by atoms with Crippen molar-refractivity contribution >= 4 is 12.0 Å². The molecular formula is C18H22N4O. The summed E-state index contributed by atoms with van der Waals surface area (Å²) in [7, 11) is 1.86. The Morgan fingerprint density at radius 1 is 1.39 bits per heavy atom. The van der Waals surface area contributed by atoms with Crippen LogP contribution in [0.5, 0.6) is 0 Å². The van der Waals surface area contributed by atoms with Crippen molar-refractivity contribution in [2.45, 2.75) is 19.0 Å². The summed E-state index contributed by atoms with van der Waals surface area (Å²) < 4.78 is 1.72. The molecule has 1 N–H and O–H groups in total. The van der Waals surface area contributed by atoms with E-state index in [2.05, 4.69) is 39.6 Å². The fourth-order valence-corrected chi connectivity index (χ4v) is 2.88. The number of likely N-dealkylation sites (tertiary alicyclic amines) is 1. The summed E-state index contributed by atoms with van der Waals surface area (Å²) in [5.74, 6) is -0.0413. The third kappa shape index (κ3) is 4.53. The van der Waals surface area contributed by atoms with E-state index in [1.807, 2.05) is 19.3 Å². The van der Waals surface area contributed by atoms with E-state index >= 15 is 0 Å². The lowest BCUT2D eigenvalue weighted by Crippen LogP contribution is -2.35. The molecule has 5 heteroatoms. The Labute approximate surface area is 136 Å². The van der Waals surface area contributed by atoms with E-state index in [0.717, 1.165) is 31.6 Å². The highest BCUT2D eigenvalue weighted by Gasteiger charge is 2.23. The van der Waals surface area contributed by atoms with Gasteiger partial charge >= 0.3 is 0 Å². The van der Waals surface area contributed by atoms with Gasteiger partial charge in [0.05, 0.1) is 6.20 Å². The fraction of sp³-hybridized carbons (Fsp3) is 0.333. The summed E-state index contributed by atoms with van der Waals surface area (Å²) in [4.78, 5) is 14.4. The van der Waals surface area contributed by atoms with Crippen molar-refractivity contribution in [2.75, 3.05) is 13.1 Å². The molecule has 1 aliphatic rings. The number of hydrogen-bond donors (Lipinski definition) is 1. The van der Waals surface area contributed by atoms with Crippen LogP contribution in [0, 0.1) is 0 Å². The van der Waals surface area contributed by atoms with E-state index in [1.54, 1.807) is 23.0 Å². The standard InChI is InChI=1S/C18H22N4O/c1-21-12-16(11-19-21)7-8-18(23)20-17-9-10-22(14-17)13-15-5-3-2-4-6-15/h2-8,11-12,17H,9-10,13-14H2,1H3,(H,20,23). The van der Waals surface area contributed by atoms with E-state index in [-0.39, 0.29) is 11.9 Å². The molecule has 1 amide bonds. The van der Waals surface area contributed by atoms with Gasteiger partial charge in [-0.2, -0.15) is 5.10 Å². The number of carbonyl (C=O) groups is 1. The monoisotopic (exact) mass is 310 g/mol. The second kappa shape index (κ2) is 7.24. The van der Waals surface area contributed by atoms with Gasteiger partial charge in [-0.1, -0.05) is 30.3 Å².